The summed E-state index contributed by atoms with van der Waals surface area (Å²) in [6, 6.07) is 13.7. The van der Waals surface area contributed by atoms with Crippen LogP contribution in [0, 0.1) is 6.92 Å². The van der Waals surface area contributed by atoms with Crippen molar-refractivity contribution in [2.24, 2.45) is 7.05 Å². The van der Waals surface area contributed by atoms with Gasteiger partial charge in [-0.15, -0.1) is 0 Å². The van der Waals surface area contributed by atoms with Gasteiger partial charge in [0.1, 0.15) is 17.6 Å². The molecule has 1 aliphatic heterocycles. The Labute approximate surface area is 182 Å². The molecular formula is C22H21BrN4O3. The molecule has 0 spiro atoms. The Bertz CT molecular complexity index is 1130. The topological polar surface area (TPSA) is 85.2 Å². The minimum absolute atomic E-state index is 0.285. The van der Waals surface area contributed by atoms with Gasteiger partial charge in [0.05, 0.1) is 17.3 Å². The van der Waals surface area contributed by atoms with Gasteiger partial charge in [0.2, 0.25) is 5.91 Å². The van der Waals surface area contributed by atoms with E-state index in [4.69, 9.17) is 4.74 Å². The highest BCUT2D eigenvalue weighted by Gasteiger charge is 2.41. The van der Waals surface area contributed by atoms with Gasteiger partial charge in [0.25, 0.3) is 5.91 Å². The number of methoxy groups -OCH3 is 1. The molecule has 2 atom stereocenters. The molecule has 2 amide bonds. The molecule has 0 fully saturated rings. The standard InChI is InChI=1S/C22H21BrN4O3/c1-12-17-18(14-9-10-16(30-3)15(23)11-14)19(22(29)25-20(17)27(2)26-12)24-21(28)13-7-5-4-6-8-13/h4-11,18-19H,1-3H3,(H,24,28)(H,25,29)/t18-,19+/m1/s1. The summed E-state index contributed by atoms with van der Waals surface area (Å²) in [6.45, 7) is 1.90. The van der Waals surface area contributed by atoms with Crippen LogP contribution in [0.2, 0.25) is 0 Å². The lowest BCUT2D eigenvalue weighted by atomic mass is 9.82. The smallest absolute Gasteiger partial charge is 0.251 e. The van der Waals surface area contributed by atoms with Crippen molar-refractivity contribution in [2.45, 2.75) is 18.9 Å². The molecule has 154 valence electrons. The SMILES string of the molecule is COc1ccc([C@@H]2c3c(C)nn(C)c3NC(=O)[C@H]2NC(=O)c2ccccc2)cc1Br. The van der Waals surface area contributed by atoms with Crippen LogP contribution < -0.4 is 15.4 Å². The number of nitrogens with one attached hydrogen (secondary N) is 2. The summed E-state index contributed by atoms with van der Waals surface area (Å²) in [4.78, 5) is 25.9. The van der Waals surface area contributed by atoms with Crippen LogP contribution in [0.1, 0.15) is 33.1 Å². The minimum atomic E-state index is -0.798. The Morgan fingerprint density at radius 3 is 2.63 bits per heavy atom. The lowest BCUT2D eigenvalue weighted by Crippen LogP contribution is -2.50. The first-order valence-electron chi connectivity index (χ1n) is 9.44. The molecule has 2 N–H and O–H groups in total. The van der Waals surface area contributed by atoms with Gasteiger partial charge in [-0.1, -0.05) is 24.3 Å². The third-order valence-electron chi connectivity index (χ3n) is 5.29. The lowest BCUT2D eigenvalue weighted by molar-refractivity contribution is -0.118. The molecule has 0 bridgehead atoms. The van der Waals surface area contributed by atoms with Crippen molar-refractivity contribution in [1.82, 2.24) is 15.1 Å². The number of anilines is 1. The zero-order valence-electron chi connectivity index (χ0n) is 16.8. The quantitative estimate of drug-likeness (QED) is 0.614. The van der Waals surface area contributed by atoms with Gasteiger partial charge in [-0.3, -0.25) is 14.3 Å². The maximum absolute atomic E-state index is 13.1. The predicted octanol–water partition coefficient (Wildman–Crippen LogP) is 3.38. The van der Waals surface area contributed by atoms with E-state index in [1.165, 1.54) is 0 Å². The second kappa shape index (κ2) is 7.95. The van der Waals surface area contributed by atoms with Crippen LogP contribution in [0.5, 0.6) is 5.75 Å². The number of amides is 2. The van der Waals surface area contributed by atoms with Crippen molar-refractivity contribution in [3.8, 4) is 5.75 Å². The van der Waals surface area contributed by atoms with Crippen LogP contribution >= 0.6 is 15.9 Å². The summed E-state index contributed by atoms with van der Waals surface area (Å²) in [7, 11) is 3.38. The highest BCUT2D eigenvalue weighted by atomic mass is 79.9. The van der Waals surface area contributed by atoms with E-state index in [0.29, 0.717) is 17.1 Å². The van der Waals surface area contributed by atoms with Gasteiger partial charge in [-0.05, 0) is 52.7 Å². The molecule has 0 radical (unpaired) electrons. The number of rotatable bonds is 4. The number of hydrogen-bond donors (Lipinski definition) is 2. The molecule has 1 aliphatic rings. The molecule has 1 aromatic heterocycles. The number of carbonyl (C=O) groups excluding carboxylic acids is 2. The van der Waals surface area contributed by atoms with E-state index in [-0.39, 0.29) is 11.8 Å². The lowest BCUT2D eigenvalue weighted by Gasteiger charge is -2.32. The second-order valence-electron chi connectivity index (χ2n) is 7.15. The first-order valence-corrected chi connectivity index (χ1v) is 10.2. The fraction of sp³-hybridized carbons (Fsp3) is 0.227. The third-order valence-corrected chi connectivity index (χ3v) is 5.91. The molecule has 0 aliphatic carbocycles. The first kappa shape index (κ1) is 20.2. The van der Waals surface area contributed by atoms with Crippen molar-refractivity contribution in [1.29, 1.82) is 0 Å². The van der Waals surface area contributed by atoms with Crippen molar-refractivity contribution in [2.75, 3.05) is 12.4 Å². The normalized spacial score (nSPS) is 17.8. The van der Waals surface area contributed by atoms with E-state index in [2.05, 4.69) is 31.7 Å². The molecular weight excluding hydrogens is 448 g/mol. The maximum Gasteiger partial charge on any atom is 0.251 e. The Hall–Kier alpha value is -3.13. The van der Waals surface area contributed by atoms with Gasteiger partial charge in [-0.25, -0.2) is 0 Å². The molecule has 3 aromatic rings. The average molecular weight is 469 g/mol. The van der Waals surface area contributed by atoms with Gasteiger partial charge in [0, 0.05) is 24.1 Å². The van der Waals surface area contributed by atoms with E-state index < -0.39 is 12.0 Å². The molecule has 2 aromatic carbocycles. The zero-order chi connectivity index (χ0) is 21.4. The van der Waals surface area contributed by atoms with Crippen LogP contribution in [-0.2, 0) is 11.8 Å². The number of carbonyl (C=O) groups is 2. The molecule has 2 heterocycles. The van der Waals surface area contributed by atoms with Gasteiger partial charge in [-0.2, -0.15) is 5.10 Å². The number of aryl methyl sites for hydroxylation is 2. The molecule has 30 heavy (non-hydrogen) atoms. The molecule has 0 saturated heterocycles. The fourth-order valence-corrected chi connectivity index (χ4v) is 4.46. The highest BCUT2D eigenvalue weighted by molar-refractivity contribution is 9.10. The molecule has 0 saturated carbocycles. The van der Waals surface area contributed by atoms with E-state index >= 15 is 0 Å². The number of fused-ring (bicyclic) bond motifs is 1. The molecule has 4 rings (SSSR count). The summed E-state index contributed by atoms with van der Waals surface area (Å²) in [5.74, 6) is 0.328. The Kier molecular flexibility index (Phi) is 5.34. The van der Waals surface area contributed by atoms with E-state index in [0.717, 1.165) is 21.3 Å². The van der Waals surface area contributed by atoms with Crippen molar-refractivity contribution >= 4 is 33.6 Å². The number of aromatic nitrogens is 2. The molecule has 0 unspecified atom stereocenters. The number of benzene rings is 2. The maximum atomic E-state index is 13.1. The first-order chi connectivity index (χ1) is 14.4. The van der Waals surface area contributed by atoms with E-state index in [9.17, 15) is 9.59 Å². The summed E-state index contributed by atoms with van der Waals surface area (Å²) >= 11 is 3.53. The van der Waals surface area contributed by atoms with Crippen molar-refractivity contribution in [3.63, 3.8) is 0 Å². The Morgan fingerprint density at radius 2 is 1.97 bits per heavy atom. The van der Waals surface area contributed by atoms with Crippen molar-refractivity contribution in [3.05, 3.63) is 75.4 Å². The second-order valence-corrected chi connectivity index (χ2v) is 8.00. The summed E-state index contributed by atoms with van der Waals surface area (Å²) < 4.78 is 7.77. The summed E-state index contributed by atoms with van der Waals surface area (Å²) in [5, 5.41) is 10.3. The van der Waals surface area contributed by atoms with Gasteiger partial charge < -0.3 is 15.4 Å². The monoisotopic (exact) mass is 468 g/mol. The predicted molar refractivity (Wildman–Crippen MR) is 117 cm³/mol. The average Bonchev–Trinajstić information content (AvgIpc) is 3.02. The Morgan fingerprint density at radius 1 is 1.23 bits per heavy atom. The van der Waals surface area contributed by atoms with Crippen LogP contribution in [0.25, 0.3) is 0 Å². The summed E-state index contributed by atoms with van der Waals surface area (Å²) in [6.07, 6.45) is 0. The van der Waals surface area contributed by atoms with E-state index in [1.807, 2.05) is 31.2 Å². The van der Waals surface area contributed by atoms with Crippen molar-refractivity contribution < 1.29 is 14.3 Å². The number of ether oxygens (including phenoxy) is 1. The number of halogens is 1. The minimum Gasteiger partial charge on any atom is -0.496 e. The van der Waals surface area contributed by atoms with E-state index in [1.54, 1.807) is 43.1 Å². The van der Waals surface area contributed by atoms with Gasteiger partial charge >= 0.3 is 0 Å². The third kappa shape index (κ3) is 3.47. The largest absolute Gasteiger partial charge is 0.496 e. The fourth-order valence-electron chi connectivity index (χ4n) is 3.91. The zero-order valence-corrected chi connectivity index (χ0v) is 18.4. The van der Waals surface area contributed by atoms with Crippen LogP contribution in [-0.4, -0.2) is 34.7 Å². The number of hydrogen-bond acceptors (Lipinski definition) is 4. The molecule has 8 heteroatoms. The van der Waals surface area contributed by atoms with Gasteiger partial charge in [0.15, 0.2) is 0 Å². The van der Waals surface area contributed by atoms with Crippen LogP contribution in [0.4, 0.5) is 5.82 Å². The molecule has 7 nitrogen and oxygen atoms in total. The number of nitrogens with zero attached hydrogens (tertiary/aromatic N) is 2. The Balaban J connectivity index is 1.81. The highest BCUT2D eigenvalue weighted by Crippen LogP contribution is 2.41. The summed E-state index contributed by atoms with van der Waals surface area (Å²) in [5.41, 5.74) is 3.04. The van der Waals surface area contributed by atoms with Crippen LogP contribution in [0.15, 0.2) is 53.0 Å². The van der Waals surface area contributed by atoms with Crippen LogP contribution in [0.3, 0.4) is 0 Å².